The Kier molecular flexibility index (Phi) is 5.92. The van der Waals surface area contributed by atoms with Gasteiger partial charge in [0.15, 0.2) is 0 Å². The van der Waals surface area contributed by atoms with Gasteiger partial charge in [-0.05, 0) is 29.8 Å². The first kappa shape index (κ1) is 20.3. The molecular formula is C22H21ClN4O3. The van der Waals surface area contributed by atoms with E-state index in [-0.39, 0.29) is 11.9 Å². The molecule has 0 N–H and O–H groups in total. The van der Waals surface area contributed by atoms with Gasteiger partial charge in [0.25, 0.3) is 5.91 Å². The molecule has 0 unspecified atom stereocenters. The van der Waals surface area contributed by atoms with Crippen LogP contribution in [-0.4, -0.2) is 64.9 Å². The molecule has 1 amide bonds. The highest BCUT2D eigenvalue weighted by Crippen LogP contribution is 2.25. The summed E-state index contributed by atoms with van der Waals surface area (Å²) < 4.78 is 5.02. The minimum absolute atomic E-state index is 0.158. The van der Waals surface area contributed by atoms with Crippen molar-refractivity contribution < 1.29 is 14.3 Å². The Balaban J connectivity index is 1.47. The van der Waals surface area contributed by atoms with Gasteiger partial charge in [0, 0.05) is 31.2 Å². The molecule has 2 heterocycles. The molecule has 4 rings (SSSR count). The molecule has 30 heavy (non-hydrogen) atoms. The number of benzene rings is 2. The average molecular weight is 425 g/mol. The zero-order chi connectivity index (χ0) is 21.1. The summed E-state index contributed by atoms with van der Waals surface area (Å²) in [5.41, 5.74) is 2.58. The van der Waals surface area contributed by atoms with Crippen LogP contribution in [0.3, 0.4) is 0 Å². The number of aromatic nitrogens is 2. The van der Waals surface area contributed by atoms with Gasteiger partial charge in [0.05, 0.1) is 24.3 Å². The molecule has 0 radical (unpaired) electrons. The molecular weight excluding hydrogens is 404 g/mol. The first-order valence-corrected chi connectivity index (χ1v) is 10.0. The first-order valence-electron chi connectivity index (χ1n) is 9.65. The van der Waals surface area contributed by atoms with Gasteiger partial charge in [-0.2, -0.15) is 0 Å². The summed E-state index contributed by atoms with van der Waals surface area (Å²) in [6.07, 6.45) is 1.52. The molecule has 8 heteroatoms. The van der Waals surface area contributed by atoms with Gasteiger partial charge in [-0.25, -0.2) is 9.78 Å². The summed E-state index contributed by atoms with van der Waals surface area (Å²) in [5.74, 6) is -0.494. The van der Waals surface area contributed by atoms with Gasteiger partial charge in [-0.1, -0.05) is 35.9 Å². The number of hydrogen-bond donors (Lipinski definition) is 0. The zero-order valence-electron chi connectivity index (χ0n) is 16.5. The minimum Gasteiger partial charge on any atom is -0.468 e. The minimum atomic E-state index is -0.537. The number of ether oxygens (including phenoxy) is 1. The predicted molar refractivity (Wildman–Crippen MR) is 113 cm³/mol. The molecule has 154 valence electrons. The number of halogens is 1. The smallest absolute Gasteiger partial charge is 0.327 e. The number of piperazine rings is 1. The maximum absolute atomic E-state index is 12.9. The van der Waals surface area contributed by atoms with E-state index in [1.807, 2.05) is 41.3 Å². The number of methoxy groups -OCH3 is 1. The molecule has 0 spiro atoms. The molecule has 1 atom stereocenters. The molecule has 0 saturated carbocycles. The largest absolute Gasteiger partial charge is 0.468 e. The zero-order valence-corrected chi connectivity index (χ0v) is 17.2. The van der Waals surface area contributed by atoms with Crippen molar-refractivity contribution in [1.29, 1.82) is 0 Å². The summed E-state index contributed by atoms with van der Waals surface area (Å²) in [6.45, 7) is 2.03. The molecule has 1 aromatic heterocycles. The topological polar surface area (TPSA) is 75.6 Å². The van der Waals surface area contributed by atoms with Crippen LogP contribution >= 0.6 is 11.6 Å². The van der Waals surface area contributed by atoms with E-state index in [1.54, 1.807) is 17.0 Å². The van der Waals surface area contributed by atoms with Crippen LogP contribution in [0.1, 0.15) is 22.1 Å². The Morgan fingerprint density at radius 3 is 2.33 bits per heavy atom. The number of amides is 1. The number of carbonyl (C=O) groups excluding carboxylic acids is 2. The third-order valence-corrected chi connectivity index (χ3v) is 5.50. The summed E-state index contributed by atoms with van der Waals surface area (Å²) >= 11 is 5.98. The van der Waals surface area contributed by atoms with Crippen LogP contribution in [0.25, 0.3) is 11.0 Å². The lowest BCUT2D eigenvalue weighted by atomic mass is 10.0. The molecule has 0 bridgehead atoms. The highest BCUT2D eigenvalue weighted by molar-refractivity contribution is 6.30. The van der Waals surface area contributed by atoms with Crippen molar-refractivity contribution in [1.82, 2.24) is 19.8 Å². The monoisotopic (exact) mass is 424 g/mol. The number of nitrogens with zero attached hydrogens (tertiary/aromatic N) is 4. The summed E-state index contributed by atoms with van der Waals surface area (Å²) in [7, 11) is 1.38. The van der Waals surface area contributed by atoms with Crippen LogP contribution in [0.2, 0.25) is 5.02 Å². The fraction of sp³-hybridized carbons (Fsp3) is 0.273. The van der Waals surface area contributed by atoms with Crippen molar-refractivity contribution in [3.8, 4) is 0 Å². The van der Waals surface area contributed by atoms with Gasteiger partial charge >= 0.3 is 5.97 Å². The second-order valence-electron chi connectivity index (χ2n) is 7.05. The Morgan fingerprint density at radius 1 is 1.00 bits per heavy atom. The van der Waals surface area contributed by atoms with Gasteiger partial charge in [0.1, 0.15) is 11.7 Å². The fourth-order valence-electron chi connectivity index (χ4n) is 3.66. The Hall–Kier alpha value is -3.03. The third-order valence-electron chi connectivity index (χ3n) is 5.24. The van der Waals surface area contributed by atoms with Crippen molar-refractivity contribution in [2.45, 2.75) is 6.04 Å². The molecule has 3 aromatic rings. The highest BCUT2D eigenvalue weighted by atomic mass is 35.5. The van der Waals surface area contributed by atoms with Gasteiger partial charge in [0.2, 0.25) is 0 Å². The number of para-hydroxylation sites is 2. The number of fused-ring (bicyclic) bond motifs is 1. The lowest BCUT2D eigenvalue weighted by molar-refractivity contribution is -0.148. The SMILES string of the molecule is COC(=O)[C@@H](c1ccc(Cl)cc1)N1CCN(C(=O)c2cnc3ccccc3n2)CC1. The Bertz CT molecular complexity index is 1070. The van der Waals surface area contributed by atoms with E-state index < -0.39 is 6.04 Å². The van der Waals surface area contributed by atoms with Crippen molar-refractivity contribution in [3.63, 3.8) is 0 Å². The van der Waals surface area contributed by atoms with Crippen LogP contribution in [0.15, 0.2) is 54.7 Å². The van der Waals surface area contributed by atoms with E-state index in [1.165, 1.54) is 13.3 Å². The second-order valence-corrected chi connectivity index (χ2v) is 7.49. The van der Waals surface area contributed by atoms with E-state index in [0.717, 1.165) is 11.1 Å². The van der Waals surface area contributed by atoms with Crippen molar-refractivity contribution in [3.05, 3.63) is 71.0 Å². The van der Waals surface area contributed by atoms with E-state index >= 15 is 0 Å². The molecule has 0 aliphatic carbocycles. The van der Waals surface area contributed by atoms with Crippen LogP contribution in [-0.2, 0) is 9.53 Å². The number of esters is 1. The Morgan fingerprint density at radius 2 is 1.67 bits per heavy atom. The summed E-state index contributed by atoms with van der Waals surface area (Å²) in [4.78, 5) is 37.9. The maximum atomic E-state index is 12.9. The molecule has 2 aromatic carbocycles. The molecule has 7 nitrogen and oxygen atoms in total. The predicted octanol–water partition coefficient (Wildman–Crippen LogP) is 2.96. The van der Waals surface area contributed by atoms with Crippen molar-refractivity contribution in [2.75, 3.05) is 33.3 Å². The van der Waals surface area contributed by atoms with Crippen LogP contribution in [0, 0.1) is 0 Å². The first-order chi connectivity index (χ1) is 14.6. The maximum Gasteiger partial charge on any atom is 0.327 e. The van der Waals surface area contributed by atoms with E-state index in [2.05, 4.69) is 9.97 Å². The van der Waals surface area contributed by atoms with Crippen molar-refractivity contribution in [2.24, 2.45) is 0 Å². The van der Waals surface area contributed by atoms with Gasteiger partial charge in [-0.15, -0.1) is 0 Å². The van der Waals surface area contributed by atoms with Gasteiger partial charge in [-0.3, -0.25) is 14.7 Å². The highest BCUT2D eigenvalue weighted by Gasteiger charge is 2.32. The lowest BCUT2D eigenvalue weighted by Gasteiger charge is -2.38. The molecule has 1 aliphatic rings. The molecule has 1 aliphatic heterocycles. The quantitative estimate of drug-likeness (QED) is 0.599. The summed E-state index contributed by atoms with van der Waals surface area (Å²) in [5, 5.41) is 0.606. The van der Waals surface area contributed by atoms with Crippen LogP contribution in [0.5, 0.6) is 0 Å². The second kappa shape index (κ2) is 8.77. The van der Waals surface area contributed by atoms with Crippen molar-refractivity contribution >= 4 is 34.5 Å². The van der Waals surface area contributed by atoms with E-state index in [0.29, 0.717) is 42.4 Å². The normalized spacial score (nSPS) is 15.7. The van der Waals surface area contributed by atoms with Crippen LogP contribution in [0.4, 0.5) is 0 Å². The standard InChI is InChI=1S/C22H21ClN4O3/c1-30-22(29)20(15-6-8-16(23)9-7-15)26-10-12-27(13-11-26)21(28)19-14-24-17-4-2-3-5-18(17)25-19/h2-9,14,20H,10-13H2,1H3/t20-/m1/s1. The fourth-order valence-corrected chi connectivity index (χ4v) is 3.78. The molecule has 1 fully saturated rings. The van der Waals surface area contributed by atoms with Gasteiger partial charge < -0.3 is 9.64 Å². The lowest BCUT2D eigenvalue weighted by Crippen LogP contribution is -2.51. The van der Waals surface area contributed by atoms with E-state index in [9.17, 15) is 9.59 Å². The number of carbonyl (C=O) groups is 2. The average Bonchev–Trinajstić information content (AvgIpc) is 2.80. The number of rotatable bonds is 4. The molecule has 1 saturated heterocycles. The Labute approximate surface area is 179 Å². The summed E-state index contributed by atoms with van der Waals surface area (Å²) in [6, 6.07) is 14.1. The number of hydrogen-bond acceptors (Lipinski definition) is 6. The van der Waals surface area contributed by atoms with E-state index in [4.69, 9.17) is 16.3 Å². The third kappa shape index (κ3) is 4.13. The van der Waals surface area contributed by atoms with Crippen LogP contribution < -0.4 is 0 Å².